The Morgan fingerprint density at radius 3 is 3.20 bits per heavy atom. The minimum atomic E-state index is 0.492. The number of nitrogens with zero attached hydrogens (tertiary/aromatic N) is 5. The number of tetrazole rings is 1. The van der Waals surface area contributed by atoms with Crippen molar-refractivity contribution in [2.24, 2.45) is 0 Å². The van der Waals surface area contributed by atoms with Gasteiger partial charge in [0.1, 0.15) is 6.26 Å². The minimum absolute atomic E-state index is 0.492. The molecule has 0 aromatic carbocycles. The van der Waals surface area contributed by atoms with Gasteiger partial charge in [-0.25, -0.2) is 9.67 Å². The molecular weight excluding hydrogens is 294 g/mol. The number of aromatic nitrogens is 5. The van der Waals surface area contributed by atoms with Crippen LogP contribution in [0, 0.1) is 0 Å². The monoisotopic (exact) mass is 305 g/mol. The van der Waals surface area contributed by atoms with Crippen LogP contribution in [-0.2, 0) is 5.75 Å². The van der Waals surface area contributed by atoms with Crippen molar-refractivity contribution in [3.8, 4) is 10.8 Å². The van der Waals surface area contributed by atoms with Crippen molar-refractivity contribution in [2.75, 3.05) is 0 Å². The summed E-state index contributed by atoms with van der Waals surface area (Å²) in [6.45, 7) is 0. The van der Waals surface area contributed by atoms with Gasteiger partial charge in [-0.1, -0.05) is 17.8 Å². The Labute approximate surface area is 123 Å². The lowest BCUT2D eigenvalue weighted by molar-refractivity contribution is 0.565. The lowest BCUT2D eigenvalue weighted by Crippen LogP contribution is -1.98. The van der Waals surface area contributed by atoms with Crippen molar-refractivity contribution in [1.82, 2.24) is 25.2 Å². The first-order valence-electron chi connectivity index (χ1n) is 6.29. The third-order valence-corrected chi connectivity index (χ3v) is 4.81. The van der Waals surface area contributed by atoms with Gasteiger partial charge in [0.2, 0.25) is 11.0 Å². The predicted octanol–water partition coefficient (Wildman–Crippen LogP) is 3.02. The Morgan fingerprint density at radius 2 is 2.40 bits per heavy atom. The molecule has 0 unspecified atom stereocenters. The summed E-state index contributed by atoms with van der Waals surface area (Å²) in [6, 6.07) is 4.48. The number of thioether (sulfide) groups is 1. The largest absolute Gasteiger partial charge is 0.444 e. The third-order valence-electron chi connectivity index (χ3n) is 2.99. The highest BCUT2D eigenvalue weighted by molar-refractivity contribution is 7.98. The zero-order valence-electron chi connectivity index (χ0n) is 10.5. The lowest BCUT2D eigenvalue weighted by atomic mass is 10.5. The quantitative estimate of drug-likeness (QED) is 0.675. The number of hydrogen-bond donors (Lipinski definition) is 0. The Kier molecular flexibility index (Phi) is 3.04. The van der Waals surface area contributed by atoms with Gasteiger partial charge >= 0.3 is 0 Å². The predicted molar refractivity (Wildman–Crippen MR) is 75.5 cm³/mol. The first kappa shape index (κ1) is 12.1. The maximum absolute atomic E-state index is 5.50. The maximum atomic E-state index is 5.50. The fourth-order valence-electron chi connectivity index (χ4n) is 1.85. The molecule has 0 aliphatic heterocycles. The van der Waals surface area contributed by atoms with Crippen molar-refractivity contribution >= 4 is 23.1 Å². The average Bonchev–Trinajstić information content (AvgIpc) is 2.93. The van der Waals surface area contributed by atoms with Crippen LogP contribution < -0.4 is 0 Å². The van der Waals surface area contributed by atoms with Crippen molar-refractivity contribution in [2.45, 2.75) is 29.8 Å². The Morgan fingerprint density at radius 1 is 1.45 bits per heavy atom. The zero-order chi connectivity index (χ0) is 13.4. The molecule has 0 N–H and O–H groups in total. The second-order valence-electron chi connectivity index (χ2n) is 4.55. The van der Waals surface area contributed by atoms with Crippen molar-refractivity contribution in [1.29, 1.82) is 0 Å². The van der Waals surface area contributed by atoms with Gasteiger partial charge in [-0.2, -0.15) is 0 Å². The van der Waals surface area contributed by atoms with Crippen LogP contribution in [0.5, 0.6) is 0 Å². The molecule has 3 heterocycles. The Hall–Kier alpha value is -1.67. The minimum Gasteiger partial charge on any atom is -0.444 e. The van der Waals surface area contributed by atoms with Crippen LogP contribution in [-0.4, -0.2) is 25.2 Å². The summed E-state index contributed by atoms with van der Waals surface area (Å²) in [4.78, 5) is 5.53. The highest BCUT2D eigenvalue weighted by atomic mass is 32.2. The topological polar surface area (TPSA) is 69.6 Å². The molecule has 1 saturated carbocycles. The van der Waals surface area contributed by atoms with Gasteiger partial charge < -0.3 is 4.42 Å². The summed E-state index contributed by atoms with van der Waals surface area (Å²) in [7, 11) is 0. The number of thiophene rings is 1. The zero-order valence-corrected chi connectivity index (χ0v) is 12.1. The summed E-state index contributed by atoms with van der Waals surface area (Å²) in [5.41, 5.74) is 0.906. The highest BCUT2D eigenvalue weighted by Gasteiger charge is 2.27. The molecule has 6 nitrogen and oxygen atoms in total. The van der Waals surface area contributed by atoms with Crippen molar-refractivity contribution in [3.05, 3.63) is 29.5 Å². The SMILES string of the molecule is c1csc(-c2nc(CSc3nnnn3C3CC3)co2)c1. The van der Waals surface area contributed by atoms with Gasteiger partial charge in [-0.15, -0.1) is 16.4 Å². The van der Waals surface area contributed by atoms with Gasteiger partial charge in [-0.05, 0) is 34.7 Å². The molecule has 0 bridgehead atoms. The summed E-state index contributed by atoms with van der Waals surface area (Å²) in [5.74, 6) is 1.39. The van der Waals surface area contributed by atoms with Crippen LogP contribution in [0.15, 0.2) is 33.3 Å². The lowest BCUT2D eigenvalue weighted by Gasteiger charge is -1.99. The fourth-order valence-corrected chi connectivity index (χ4v) is 3.33. The van der Waals surface area contributed by atoms with E-state index in [-0.39, 0.29) is 0 Å². The van der Waals surface area contributed by atoms with Crippen molar-refractivity contribution < 1.29 is 4.42 Å². The molecule has 102 valence electrons. The van der Waals surface area contributed by atoms with Crippen LogP contribution in [0.1, 0.15) is 24.6 Å². The molecule has 1 aliphatic rings. The maximum Gasteiger partial charge on any atom is 0.236 e. The van der Waals surface area contributed by atoms with Gasteiger partial charge in [0.15, 0.2) is 0 Å². The normalized spacial score (nSPS) is 14.8. The molecule has 0 atom stereocenters. The molecule has 0 saturated heterocycles. The number of oxazole rings is 1. The van der Waals surface area contributed by atoms with Crippen LogP contribution >= 0.6 is 23.1 Å². The van der Waals surface area contributed by atoms with E-state index < -0.39 is 0 Å². The van der Waals surface area contributed by atoms with Gasteiger partial charge in [-0.3, -0.25) is 0 Å². The smallest absolute Gasteiger partial charge is 0.236 e. The molecule has 3 aromatic rings. The second kappa shape index (κ2) is 5.02. The van der Waals surface area contributed by atoms with E-state index in [0.717, 1.165) is 15.7 Å². The molecule has 0 radical (unpaired) electrons. The summed E-state index contributed by atoms with van der Waals surface area (Å²) >= 11 is 3.21. The van der Waals surface area contributed by atoms with E-state index in [9.17, 15) is 0 Å². The molecule has 4 rings (SSSR count). The molecule has 3 aromatic heterocycles. The first-order chi connectivity index (χ1) is 9.90. The number of hydrogen-bond acceptors (Lipinski definition) is 7. The van der Waals surface area contributed by atoms with Gasteiger partial charge in [0.05, 0.1) is 16.6 Å². The van der Waals surface area contributed by atoms with E-state index in [0.29, 0.717) is 17.7 Å². The van der Waals surface area contributed by atoms with E-state index in [4.69, 9.17) is 4.42 Å². The van der Waals surface area contributed by atoms with Gasteiger partial charge in [0, 0.05) is 5.75 Å². The van der Waals surface area contributed by atoms with E-state index in [2.05, 4.69) is 20.5 Å². The summed E-state index contributed by atoms with van der Waals surface area (Å²) in [5, 5.41) is 14.7. The van der Waals surface area contributed by atoms with Crippen LogP contribution in [0.25, 0.3) is 10.8 Å². The van der Waals surface area contributed by atoms with E-state index in [1.54, 1.807) is 29.4 Å². The molecule has 1 aliphatic carbocycles. The molecule has 8 heteroatoms. The fraction of sp³-hybridized carbons (Fsp3) is 0.333. The second-order valence-corrected chi connectivity index (χ2v) is 6.44. The Balaban J connectivity index is 1.45. The molecule has 20 heavy (non-hydrogen) atoms. The first-order valence-corrected chi connectivity index (χ1v) is 8.15. The van der Waals surface area contributed by atoms with Crippen LogP contribution in [0.2, 0.25) is 0 Å². The van der Waals surface area contributed by atoms with Crippen LogP contribution in [0.4, 0.5) is 0 Å². The summed E-state index contributed by atoms with van der Waals surface area (Å²) < 4.78 is 7.40. The standard InChI is InChI=1S/C12H11N5OS2/c1-2-10(19-5-1)11-13-8(6-18-11)7-20-12-14-15-16-17(12)9-3-4-9/h1-2,5-6,9H,3-4,7H2. The Bertz CT molecular complexity index is 701. The van der Waals surface area contributed by atoms with E-state index >= 15 is 0 Å². The van der Waals surface area contributed by atoms with Crippen LogP contribution in [0.3, 0.4) is 0 Å². The summed E-state index contributed by atoms with van der Waals surface area (Å²) in [6.07, 6.45) is 4.05. The molecule has 0 spiro atoms. The average molecular weight is 305 g/mol. The van der Waals surface area contributed by atoms with E-state index in [1.807, 2.05) is 22.2 Å². The van der Waals surface area contributed by atoms with Gasteiger partial charge in [0.25, 0.3) is 0 Å². The highest BCUT2D eigenvalue weighted by Crippen LogP contribution is 2.37. The van der Waals surface area contributed by atoms with Crippen molar-refractivity contribution in [3.63, 3.8) is 0 Å². The molecule has 0 amide bonds. The molecule has 1 fully saturated rings. The number of rotatable bonds is 5. The van der Waals surface area contributed by atoms with E-state index in [1.165, 1.54) is 12.8 Å². The molecular formula is C12H11N5OS2. The third kappa shape index (κ3) is 2.36.